The van der Waals surface area contributed by atoms with Crippen LogP contribution in [0.3, 0.4) is 0 Å². The Hall–Kier alpha value is -1.54. The number of carbonyl (C=O) groups is 2. The zero-order chi connectivity index (χ0) is 18.4. The standard InChI is InChI=1S/C16H36N6O2/c1-22(2,3)14-6-4-5-11-21(12-7-9-19-15(17)23)13-8-10-20-16(18)24/h4-14H2,1-3H3,(H5-,17,18,19,20,23,24)/p+1. The Morgan fingerprint density at radius 2 is 1.25 bits per heavy atom. The molecule has 0 aliphatic rings. The van der Waals surface area contributed by atoms with Crippen molar-refractivity contribution in [2.24, 2.45) is 11.5 Å². The summed E-state index contributed by atoms with van der Waals surface area (Å²) >= 11 is 0. The average Bonchev–Trinajstić information content (AvgIpc) is 2.45. The van der Waals surface area contributed by atoms with Crippen molar-refractivity contribution in [2.45, 2.75) is 32.1 Å². The van der Waals surface area contributed by atoms with Gasteiger partial charge in [-0.3, -0.25) is 0 Å². The maximum absolute atomic E-state index is 10.7. The van der Waals surface area contributed by atoms with Crippen molar-refractivity contribution >= 4 is 12.1 Å². The summed E-state index contributed by atoms with van der Waals surface area (Å²) in [4.78, 5) is 23.7. The SMILES string of the molecule is C[N+](C)(C)CCCCCN(CCCNC(N)=O)CCCNC(N)=O. The van der Waals surface area contributed by atoms with Crippen LogP contribution in [0, 0.1) is 0 Å². The van der Waals surface area contributed by atoms with E-state index >= 15 is 0 Å². The normalized spacial score (nSPS) is 11.5. The summed E-state index contributed by atoms with van der Waals surface area (Å²) in [5.41, 5.74) is 10.1. The zero-order valence-corrected chi connectivity index (χ0v) is 15.6. The van der Waals surface area contributed by atoms with Crippen molar-refractivity contribution in [1.29, 1.82) is 0 Å². The second-order valence-electron chi connectivity index (χ2n) is 7.21. The molecule has 0 saturated carbocycles. The van der Waals surface area contributed by atoms with Gasteiger partial charge in [0.15, 0.2) is 0 Å². The molecule has 0 bridgehead atoms. The highest BCUT2D eigenvalue weighted by molar-refractivity contribution is 5.71. The Morgan fingerprint density at radius 3 is 1.67 bits per heavy atom. The summed E-state index contributed by atoms with van der Waals surface area (Å²) in [5, 5.41) is 5.23. The molecule has 0 aromatic rings. The van der Waals surface area contributed by atoms with Gasteiger partial charge in [0.05, 0.1) is 27.7 Å². The summed E-state index contributed by atoms with van der Waals surface area (Å²) in [5.74, 6) is 0. The molecular weight excluding hydrogens is 308 g/mol. The molecule has 0 aliphatic carbocycles. The van der Waals surface area contributed by atoms with E-state index in [1.54, 1.807) is 0 Å². The zero-order valence-electron chi connectivity index (χ0n) is 15.6. The van der Waals surface area contributed by atoms with Gasteiger partial charge in [0.1, 0.15) is 0 Å². The van der Waals surface area contributed by atoms with Crippen molar-refractivity contribution in [1.82, 2.24) is 15.5 Å². The molecule has 0 radical (unpaired) electrons. The number of unbranched alkanes of at least 4 members (excludes halogenated alkanes) is 2. The van der Waals surface area contributed by atoms with Crippen LogP contribution >= 0.6 is 0 Å². The number of urea groups is 2. The van der Waals surface area contributed by atoms with E-state index in [1.807, 2.05) is 0 Å². The van der Waals surface area contributed by atoms with E-state index in [0.717, 1.165) is 43.4 Å². The molecule has 0 fully saturated rings. The molecule has 4 amide bonds. The fraction of sp³-hybridized carbons (Fsp3) is 0.875. The quantitative estimate of drug-likeness (QED) is 0.268. The number of hydrogen-bond acceptors (Lipinski definition) is 3. The van der Waals surface area contributed by atoms with Crippen LogP contribution in [0.1, 0.15) is 32.1 Å². The summed E-state index contributed by atoms with van der Waals surface area (Å²) in [6.07, 6.45) is 5.33. The van der Waals surface area contributed by atoms with E-state index in [1.165, 1.54) is 19.4 Å². The van der Waals surface area contributed by atoms with Crippen LogP contribution in [-0.2, 0) is 0 Å². The second kappa shape index (κ2) is 12.8. The molecule has 0 unspecified atom stereocenters. The molecule has 0 spiro atoms. The van der Waals surface area contributed by atoms with Crippen molar-refractivity contribution in [2.75, 3.05) is 60.4 Å². The molecule has 0 aromatic carbocycles. The fourth-order valence-corrected chi connectivity index (χ4v) is 2.46. The van der Waals surface area contributed by atoms with Crippen molar-refractivity contribution < 1.29 is 14.1 Å². The molecule has 0 aromatic heterocycles. The maximum Gasteiger partial charge on any atom is 0.312 e. The van der Waals surface area contributed by atoms with Gasteiger partial charge in [-0.2, -0.15) is 0 Å². The van der Waals surface area contributed by atoms with Crippen molar-refractivity contribution in [3.05, 3.63) is 0 Å². The van der Waals surface area contributed by atoms with Crippen LogP contribution in [0.4, 0.5) is 9.59 Å². The Bertz CT molecular complexity index is 335. The van der Waals surface area contributed by atoms with E-state index in [2.05, 4.69) is 36.7 Å². The van der Waals surface area contributed by atoms with Gasteiger partial charge in [-0.05, 0) is 51.7 Å². The Kier molecular flexibility index (Phi) is 12.0. The third kappa shape index (κ3) is 16.8. The fourth-order valence-electron chi connectivity index (χ4n) is 2.46. The van der Waals surface area contributed by atoms with Crippen LogP contribution in [0.2, 0.25) is 0 Å². The smallest absolute Gasteiger partial charge is 0.312 e. The predicted molar refractivity (Wildman–Crippen MR) is 97.6 cm³/mol. The first-order valence-electron chi connectivity index (χ1n) is 8.80. The lowest BCUT2D eigenvalue weighted by atomic mass is 10.2. The average molecular weight is 346 g/mol. The van der Waals surface area contributed by atoms with Crippen molar-refractivity contribution in [3.63, 3.8) is 0 Å². The molecule has 0 heterocycles. The number of nitrogens with two attached hydrogens (primary N) is 2. The van der Waals surface area contributed by atoms with E-state index < -0.39 is 12.1 Å². The van der Waals surface area contributed by atoms with Gasteiger partial charge in [0.25, 0.3) is 0 Å². The third-order valence-corrected chi connectivity index (χ3v) is 3.70. The molecule has 8 heteroatoms. The lowest BCUT2D eigenvalue weighted by Gasteiger charge is -2.25. The maximum atomic E-state index is 10.7. The first-order chi connectivity index (χ1) is 11.2. The number of nitrogens with zero attached hydrogens (tertiary/aromatic N) is 2. The minimum Gasteiger partial charge on any atom is -0.352 e. The van der Waals surface area contributed by atoms with Crippen LogP contribution in [0.15, 0.2) is 0 Å². The van der Waals surface area contributed by atoms with E-state index in [0.29, 0.717) is 13.1 Å². The highest BCUT2D eigenvalue weighted by Gasteiger charge is 2.08. The van der Waals surface area contributed by atoms with Gasteiger partial charge in [-0.1, -0.05) is 0 Å². The summed E-state index contributed by atoms with van der Waals surface area (Å²) < 4.78 is 1.00. The van der Waals surface area contributed by atoms with Gasteiger partial charge in [0.2, 0.25) is 0 Å². The molecule has 0 saturated heterocycles. The van der Waals surface area contributed by atoms with E-state index in [9.17, 15) is 9.59 Å². The van der Waals surface area contributed by atoms with Crippen LogP contribution in [-0.4, -0.2) is 81.9 Å². The van der Waals surface area contributed by atoms with E-state index in [4.69, 9.17) is 11.5 Å². The van der Waals surface area contributed by atoms with E-state index in [-0.39, 0.29) is 0 Å². The highest BCUT2D eigenvalue weighted by Crippen LogP contribution is 2.04. The van der Waals surface area contributed by atoms with Crippen LogP contribution < -0.4 is 22.1 Å². The van der Waals surface area contributed by atoms with Gasteiger partial charge in [-0.15, -0.1) is 0 Å². The minimum atomic E-state index is -0.479. The Morgan fingerprint density at radius 1 is 0.792 bits per heavy atom. The predicted octanol–water partition coefficient (Wildman–Crippen LogP) is 0.282. The lowest BCUT2D eigenvalue weighted by Crippen LogP contribution is -2.36. The number of amides is 4. The molecule has 24 heavy (non-hydrogen) atoms. The topological polar surface area (TPSA) is 113 Å². The number of carbonyl (C=O) groups excluding carboxylic acids is 2. The summed E-state index contributed by atoms with van der Waals surface area (Å²) in [6.45, 7) is 5.22. The first-order valence-corrected chi connectivity index (χ1v) is 8.80. The highest BCUT2D eigenvalue weighted by atomic mass is 16.2. The van der Waals surface area contributed by atoms with Crippen LogP contribution in [0.25, 0.3) is 0 Å². The Labute approximate surface area is 146 Å². The lowest BCUT2D eigenvalue weighted by molar-refractivity contribution is -0.870. The second-order valence-corrected chi connectivity index (χ2v) is 7.21. The van der Waals surface area contributed by atoms with Gasteiger partial charge in [-0.25, -0.2) is 9.59 Å². The van der Waals surface area contributed by atoms with Gasteiger partial charge in [0, 0.05) is 13.1 Å². The molecule has 0 rings (SSSR count). The van der Waals surface area contributed by atoms with Crippen molar-refractivity contribution in [3.8, 4) is 0 Å². The Balaban J connectivity index is 3.97. The molecule has 0 atom stereocenters. The number of quaternary nitrogens is 1. The molecule has 0 aliphatic heterocycles. The summed E-state index contributed by atoms with van der Waals surface area (Å²) in [7, 11) is 6.64. The van der Waals surface area contributed by atoms with Crippen LogP contribution in [0.5, 0.6) is 0 Å². The largest absolute Gasteiger partial charge is 0.352 e. The number of rotatable bonds is 14. The first kappa shape index (κ1) is 22.5. The number of nitrogens with one attached hydrogen (secondary N) is 2. The monoisotopic (exact) mass is 345 g/mol. The third-order valence-electron chi connectivity index (χ3n) is 3.70. The number of primary amides is 2. The number of hydrogen-bond donors (Lipinski definition) is 4. The van der Waals surface area contributed by atoms with Gasteiger partial charge < -0.3 is 31.5 Å². The molecule has 142 valence electrons. The molecule has 8 nitrogen and oxygen atoms in total. The minimum absolute atomic E-state index is 0.479. The molecule has 6 N–H and O–H groups in total. The summed E-state index contributed by atoms with van der Waals surface area (Å²) in [6, 6.07) is -0.958. The van der Waals surface area contributed by atoms with Gasteiger partial charge >= 0.3 is 12.1 Å². The molecular formula is C16H37N6O2+.